The molecule has 0 spiro atoms. The first-order valence-corrected chi connectivity index (χ1v) is 8.77. The van der Waals surface area contributed by atoms with Crippen molar-refractivity contribution in [1.82, 2.24) is 15.5 Å². The lowest BCUT2D eigenvalue weighted by Gasteiger charge is -2.21. The summed E-state index contributed by atoms with van der Waals surface area (Å²) in [4.78, 5) is 1.22. The molecular weight excluding hydrogens is 354 g/mol. The second kappa shape index (κ2) is 6.56. The highest BCUT2D eigenvalue weighted by Gasteiger charge is 2.12. The quantitative estimate of drug-likeness (QED) is 0.848. The molecule has 6 heteroatoms. The molecule has 0 fully saturated rings. The van der Waals surface area contributed by atoms with Gasteiger partial charge in [-0.25, -0.2) is 0 Å². The number of hydrogen-bond acceptors (Lipinski definition) is 5. The summed E-state index contributed by atoms with van der Waals surface area (Å²) in [5.41, 5.74) is 1.38. The summed E-state index contributed by atoms with van der Waals surface area (Å²) in [5, 5.41) is 12.8. The van der Waals surface area contributed by atoms with E-state index in [0.717, 1.165) is 20.4 Å². The topological polar surface area (TPSA) is 37.8 Å². The molecule has 2 rings (SSSR count). The van der Waals surface area contributed by atoms with Gasteiger partial charge in [-0.15, -0.1) is 10.2 Å². The summed E-state index contributed by atoms with van der Waals surface area (Å²) in [5.74, 6) is 0. The largest absolute Gasteiger partial charge is 0.308 e. The molecule has 3 nitrogen and oxygen atoms in total. The third kappa shape index (κ3) is 4.84. The smallest absolute Gasteiger partial charge is 0.179 e. The van der Waals surface area contributed by atoms with Gasteiger partial charge in [0.15, 0.2) is 4.34 Å². The zero-order chi connectivity index (χ0) is 14.8. The van der Waals surface area contributed by atoms with Crippen LogP contribution in [0.1, 0.15) is 31.3 Å². The second-order valence-electron chi connectivity index (χ2n) is 5.54. The van der Waals surface area contributed by atoms with E-state index in [0.29, 0.717) is 0 Å². The van der Waals surface area contributed by atoms with Crippen molar-refractivity contribution in [3.8, 4) is 0 Å². The molecule has 1 heterocycles. The Morgan fingerprint density at radius 3 is 2.65 bits per heavy atom. The highest BCUT2D eigenvalue weighted by Crippen LogP contribution is 2.34. The first-order chi connectivity index (χ1) is 9.33. The molecule has 1 aromatic carbocycles. The van der Waals surface area contributed by atoms with E-state index >= 15 is 0 Å². The molecule has 0 saturated carbocycles. The van der Waals surface area contributed by atoms with Crippen molar-refractivity contribution < 1.29 is 0 Å². The maximum Gasteiger partial charge on any atom is 0.179 e. The molecule has 0 bridgehead atoms. The van der Waals surface area contributed by atoms with Crippen molar-refractivity contribution in [2.75, 3.05) is 0 Å². The molecule has 0 atom stereocenters. The van der Waals surface area contributed by atoms with Crippen LogP contribution in [0.4, 0.5) is 0 Å². The van der Waals surface area contributed by atoms with Gasteiger partial charge in [-0.3, -0.25) is 0 Å². The molecule has 1 N–H and O–H groups in total. The van der Waals surface area contributed by atoms with Crippen LogP contribution in [0.25, 0.3) is 0 Å². The van der Waals surface area contributed by atoms with Crippen LogP contribution < -0.4 is 5.32 Å². The summed E-state index contributed by atoms with van der Waals surface area (Å²) in [6.07, 6.45) is 0. The Kier molecular flexibility index (Phi) is 5.23. The van der Waals surface area contributed by atoms with Crippen LogP contribution in [-0.2, 0) is 6.54 Å². The van der Waals surface area contributed by atoms with Crippen molar-refractivity contribution in [2.24, 2.45) is 0 Å². The zero-order valence-corrected chi connectivity index (χ0v) is 15.2. The fourth-order valence-corrected chi connectivity index (χ4v) is 4.00. The third-order valence-electron chi connectivity index (χ3n) is 2.54. The van der Waals surface area contributed by atoms with Gasteiger partial charge in [-0.2, -0.15) is 0 Å². The van der Waals surface area contributed by atoms with Crippen LogP contribution in [0.3, 0.4) is 0 Å². The van der Waals surface area contributed by atoms with E-state index in [1.165, 1.54) is 10.5 Å². The summed E-state index contributed by atoms with van der Waals surface area (Å²) in [6, 6.07) is 6.37. The molecule has 0 aliphatic heterocycles. The average Bonchev–Trinajstić information content (AvgIpc) is 2.72. The Balaban J connectivity index is 2.19. The molecule has 20 heavy (non-hydrogen) atoms. The summed E-state index contributed by atoms with van der Waals surface area (Å²) >= 11 is 6.84. The van der Waals surface area contributed by atoms with Crippen LogP contribution in [0.15, 0.2) is 31.9 Å². The number of aryl methyl sites for hydroxylation is 1. The van der Waals surface area contributed by atoms with Crippen molar-refractivity contribution in [2.45, 2.75) is 49.0 Å². The average molecular weight is 372 g/mol. The lowest BCUT2D eigenvalue weighted by molar-refractivity contribution is 0.422. The fourth-order valence-electron chi connectivity index (χ4n) is 1.54. The van der Waals surface area contributed by atoms with Crippen LogP contribution in [0, 0.1) is 6.92 Å². The lowest BCUT2D eigenvalue weighted by Crippen LogP contribution is -2.35. The number of hydrogen-bond donors (Lipinski definition) is 1. The molecule has 0 aliphatic carbocycles. The van der Waals surface area contributed by atoms with Gasteiger partial charge in [0.05, 0.1) is 0 Å². The highest BCUT2D eigenvalue weighted by atomic mass is 79.9. The number of benzene rings is 1. The standard InChI is InChI=1S/C14H18BrN3S2/c1-9-17-18-13(19-9)20-12-7-11(15)6-5-10(12)8-16-14(2,3)4/h5-7,16H,8H2,1-4H3. The SMILES string of the molecule is Cc1nnc(Sc2cc(Br)ccc2CNC(C)(C)C)s1. The highest BCUT2D eigenvalue weighted by molar-refractivity contribution is 9.10. The minimum absolute atomic E-state index is 0.105. The maximum atomic E-state index is 4.19. The predicted molar refractivity (Wildman–Crippen MR) is 89.5 cm³/mol. The Bertz CT molecular complexity index is 590. The van der Waals surface area contributed by atoms with Gasteiger partial charge in [0.2, 0.25) is 0 Å². The van der Waals surface area contributed by atoms with E-state index in [9.17, 15) is 0 Å². The van der Waals surface area contributed by atoms with Crippen LogP contribution in [0.5, 0.6) is 0 Å². The van der Waals surface area contributed by atoms with Gasteiger partial charge in [0.1, 0.15) is 5.01 Å². The summed E-state index contributed by atoms with van der Waals surface area (Å²) < 4.78 is 2.07. The molecule has 0 amide bonds. The number of nitrogens with zero attached hydrogens (tertiary/aromatic N) is 2. The van der Waals surface area contributed by atoms with Gasteiger partial charge < -0.3 is 5.32 Å². The van der Waals surface area contributed by atoms with Crippen LogP contribution in [-0.4, -0.2) is 15.7 Å². The fraction of sp³-hybridized carbons (Fsp3) is 0.429. The summed E-state index contributed by atoms with van der Waals surface area (Å²) in [6.45, 7) is 9.34. The van der Waals surface area contributed by atoms with E-state index in [-0.39, 0.29) is 5.54 Å². The third-order valence-corrected chi connectivity index (χ3v) is 5.03. The Hall–Kier alpha value is -0.430. The van der Waals surface area contributed by atoms with Crippen molar-refractivity contribution in [3.63, 3.8) is 0 Å². The minimum Gasteiger partial charge on any atom is -0.308 e. The second-order valence-corrected chi connectivity index (χ2v) is 8.93. The molecule has 0 saturated heterocycles. The molecule has 0 radical (unpaired) electrons. The first-order valence-electron chi connectivity index (χ1n) is 6.35. The minimum atomic E-state index is 0.105. The van der Waals surface area contributed by atoms with E-state index in [4.69, 9.17) is 0 Å². The number of rotatable bonds is 4. The molecule has 108 valence electrons. The predicted octanol–water partition coefficient (Wildman–Crippen LogP) is 4.65. The Labute approximate surface area is 136 Å². The van der Waals surface area contributed by atoms with Crippen molar-refractivity contribution in [1.29, 1.82) is 0 Å². The van der Waals surface area contributed by atoms with Gasteiger partial charge in [-0.05, 0) is 45.4 Å². The van der Waals surface area contributed by atoms with Crippen LogP contribution in [0.2, 0.25) is 0 Å². The monoisotopic (exact) mass is 371 g/mol. The summed E-state index contributed by atoms with van der Waals surface area (Å²) in [7, 11) is 0. The number of nitrogens with one attached hydrogen (secondary N) is 1. The first kappa shape index (κ1) is 15.9. The Morgan fingerprint density at radius 2 is 2.05 bits per heavy atom. The van der Waals surface area contributed by atoms with Gasteiger partial charge in [0, 0.05) is 21.5 Å². The van der Waals surface area contributed by atoms with Crippen LogP contribution >= 0.6 is 39.0 Å². The molecule has 0 unspecified atom stereocenters. The van der Waals surface area contributed by atoms with E-state index in [1.54, 1.807) is 23.1 Å². The lowest BCUT2D eigenvalue weighted by atomic mass is 10.1. The van der Waals surface area contributed by atoms with Gasteiger partial charge >= 0.3 is 0 Å². The van der Waals surface area contributed by atoms with Crippen molar-refractivity contribution >= 4 is 39.0 Å². The van der Waals surface area contributed by atoms with E-state index < -0.39 is 0 Å². The number of halogens is 1. The molecular formula is C14H18BrN3S2. The number of aromatic nitrogens is 2. The molecule has 2 aromatic rings. The van der Waals surface area contributed by atoms with E-state index in [2.05, 4.69) is 70.4 Å². The Morgan fingerprint density at radius 1 is 1.30 bits per heavy atom. The zero-order valence-electron chi connectivity index (χ0n) is 12.0. The van der Waals surface area contributed by atoms with E-state index in [1.807, 2.05) is 6.92 Å². The molecule has 0 aliphatic rings. The van der Waals surface area contributed by atoms with Gasteiger partial charge in [-0.1, -0.05) is 45.1 Å². The van der Waals surface area contributed by atoms with Crippen molar-refractivity contribution in [3.05, 3.63) is 33.2 Å². The maximum absolute atomic E-state index is 4.19. The van der Waals surface area contributed by atoms with Gasteiger partial charge in [0.25, 0.3) is 0 Å². The normalized spacial score (nSPS) is 11.8. The molecule has 1 aromatic heterocycles.